The van der Waals surface area contributed by atoms with Crippen molar-refractivity contribution in [3.05, 3.63) is 29.6 Å². The van der Waals surface area contributed by atoms with E-state index in [4.69, 9.17) is 4.74 Å². The fourth-order valence-corrected chi connectivity index (χ4v) is 3.22. The highest BCUT2D eigenvalue weighted by Gasteiger charge is 2.51. The fourth-order valence-electron chi connectivity index (χ4n) is 3.22. The summed E-state index contributed by atoms with van der Waals surface area (Å²) >= 11 is 0. The molecule has 0 aliphatic heterocycles. The van der Waals surface area contributed by atoms with Crippen molar-refractivity contribution in [2.45, 2.75) is 37.2 Å². The molecule has 0 spiro atoms. The minimum Gasteiger partial charge on any atom is -0.386 e. The van der Waals surface area contributed by atoms with E-state index in [9.17, 15) is 5.11 Å². The largest absolute Gasteiger partial charge is 0.386 e. The Labute approximate surface area is 102 Å². The highest BCUT2D eigenvalue weighted by Crippen LogP contribution is 2.50. The predicted molar refractivity (Wildman–Crippen MR) is 64.8 cm³/mol. The van der Waals surface area contributed by atoms with Crippen molar-refractivity contribution in [3.63, 3.8) is 0 Å². The van der Waals surface area contributed by atoms with Crippen LogP contribution in [-0.2, 0) is 11.2 Å². The van der Waals surface area contributed by atoms with Crippen LogP contribution in [0, 0.1) is 5.92 Å². The Morgan fingerprint density at radius 1 is 1.47 bits per heavy atom. The molecule has 0 aromatic carbocycles. The summed E-state index contributed by atoms with van der Waals surface area (Å²) in [5.41, 5.74) is 1.69. The van der Waals surface area contributed by atoms with Crippen molar-refractivity contribution >= 4 is 0 Å². The first-order chi connectivity index (χ1) is 8.25. The molecule has 3 nitrogen and oxygen atoms in total. The Balaban J connectivity index is 1.93. The van der Waals surface area contributed by atoms with E-state index in [1.54, 1.807) is 7.11 Å². The van der Waals surface area contributed by atoms with Gasteiger partial charge in [0.25, 0.3) is 0 Å². The molecular weight excluding hydrogens is 214 g/mol. The zero-order chi connectivity index (χ0) is 11.9. The van der Waals surface area contributed by atoms with Gasteiger partial charge in [-0.1, -0.05) is 6.07 Å². The smallest absolute Gasteiger partial charge is 0.0991 e. The molecular formula is C14H19NO2. The van der Waals surface area contributed by atoms with Gasteiger partial charge in [0.2, 0.25) is 0 Å². The van der Waals surface area contributed by atoms with Gasteiger partial charge in [-0.25, -0.2) is 0 Å². The highest BCUT2D eigenvalue weighted by molar-refractivity contribution is 5.32. The molecule has 0 amide bonds. The number of pyridine rings is 1. The number of methoxy groups -OCH3 is 1. The summed E-state index contributed by atoms with van der Waals surface area (Å²) < 4.78 is 5.26. The molecule has 17 heavy (non-hydrogen) atoms. The Morgan fingerprint density at radius 2 is 2.29 bits per heavy atom. The molecule has 1 heterocycles. The molecule has 1 aromatic heterocycles. The van der Waals surface area contributed by atoms with Crippen LogP contribution >= 0.6 is 0 Å². The van der Waals surface area contributed by atoms with E-state index in [1.807, 2.05) is 12.3 Å². The molecule has 0 saturated heterocycles. The van der Waals surface area contributed by atoms with Crippen LogP contribution in [0.15, 0.2) is 18.3 Å². The van der Waals surface area contributed by atoms with Gasteiger partial charge in [-0.2, -0.15) is 0 Å². The van der Waals surface area contributed by atoms with Crippen LogP contribution in [0.3, 0.4) is 0 Å². The first-order valence-corrected chi connectivity index (χ1v) is 6.41. The number of ether oxygens (including phenoxy) is 1. The molecule has 2 unspecified atom stereocenters. The molecule has 2 aliphatic carbocycles. The average molecular weight is 233 g/mol. The number of hydrogen-bond acceptors (Lipinski definition) is 3. The normalized spacial score (nSPS) is 26.6. The second-order valence-electron chi connectivity index (χ2n) is 5.34. The van der Waals surface area contributed by atoms with Crippen LogP contribution in [0.1, 0.15) is 36.4 Å². The van der Waals surface area contributed by atoms with Gasteiger partial charge in [-0.3, -0.25) is 4.98 Å². The third kappa shape index (κ3) is 1.78. The number of rotatable bonds is 4. The van der Waals surface area contributed by atoms with Gasteiger partial charge in [-0.05, 0) is 43.2 Å². The van der Waals surface area contributed by atoms with Crippen LogP contribution in [0.25, 0.3) is 0 Å². The third-order valence-corrected chi connectivity index (χ3v) is 4.22. The summed E-state index contributed by atoms with van der Waals surface area (Å²) in [6, 6.07) is 4.11. The number of fused-ring (bicyclic) bond motifs is 1. The maximum Gasteiger partial charge on any atom is 0.0991 e. The molecule has 92 valence electrons. The first-order valence-electron chi connectivity index (χ1n) is 6.41. The minimum atomic E-state index is -0.700. The Kier molecular flexibility index (Phi) is 2.68. The lowest BCUT2D eigenvalue weighted by Crippen LogP contribution is -2.42. The maximum atomic E-state index is 10.9. The maximum absolute atomic E-state index is 10.9. The van der Waals surface area contributed by atoms with E-state index in [0.29, 0.717) is 12.5 Å². The van der Waals surface area contributed by atoms with Crippen molar-refractivity contribution < 1.29 is 9.84 Å². The van der Waals surface area contributed by atoms with E-state index in [2.05, 4.69) is 11.1 Å². The topological polar surface area (TPSA) is 42.4 Å². The van der Waals surface area contributed by atoms with E-state index in [1.165, 1.54) is 5.56 Å². The van der Waals surface area contributed by atoms with Crippen LogP contribution in [0.5, 0.6) is 0 Å². The van der Waals surface area contributed by atoms with Crippen LogP contribution in [0.4, 0.5) is 0 Å². The summed E-state index contributed by atoms with van der Waals surface area (Å²) in [5, 5.41) is 10.9. The number of aromatic nitrogens is 1. The van der Waals surface area contributed by atoms with E-state index in [-0.39, 0.29) is 5.92 Å². The zero-order valence-corrected chi connectivity index (χ0v) is 10.2. The van der Waals surface area contributed by atoms with Crippen LogP contribution in [-0.4, -0.2) is 29.4 Å². The van der Waals surface area contributed by atoms with Gasteiger partial charge >= 0.3 is 0 Å². The highest BCUT2D eigenvalue weighted by atomic mass is 16.5. The van der Waals surface area contributed by atoms with Crippen molar-refractivity contribution in [3.8, 4) is 0 Å². The summed E-state index contributed by atoms with van der Waals surface area (Å²) in [4.78, 5) is 4.48. The number of aryl methyl sites for hydroxylation is 1. The van der Waals surface area contributed by atoms with Gasteiger partial charge in [0.05, 0.1) is 12.2 Å². The van der Waals surface area contributed by atoms with Crippen molar-refractivity contribution in [2.24, 2.45) is 5.92 Å². The second-order valence-corrected chi connectivity index (χ2v) is 5.34. The van der Waals surface area contributed by atoms with Gasteiger partial charge in [0, 0.05) is 24.9 Å². The molecule has 1 fully saturated rings. The van der Waals surface area contributed by atoms with Crippen molar-refractivity contribution in [1.82, 2.24) is 4.98 Å². The van der Waals surface area contributed by atoms with Crippen molar-refractivity contribution in [2.75, 3.05) is 13.7 Å². The lowest BCUT2D eigenvalue weighted by molar-refractivity contribution is -0.0685. The van der Waals surface area contributed by atoms with Crippen LogP contribution < -0.4 is 0 Å². The summed E-state index contributed by atoms with van der Waals surface area (Å²) in [6.07, 6.45) is 6.11. The first kappa shape index (κ1) is 11.2. The average Bonchev–Trinajstić information content (AvgIpc) is 3.09. The van der Waals surface area contributed by atoms with E-state index < -0.39 is 5.60 Å². The van der Waals surface area contributed by atoms with E-state index >= 15 is 0 Å². The molecule has 1 N–H and O–H groups in total. The summed E-state index contributed by atoms with van der Waals surface area (Å²) in [5.74, 6) is 0.562. The quantitative estimate of drug-likeness (QED) is 0.863. The molecule has 0 bridgehead atoms. The fraction of sp³-hybridized carbons (Fsp3) is 0.643. The van der Waals surface area contributed by atoms with E-state index in [0.717, 1.165) is 31.4 Å². The van der Waals surface area contributed by atoms with Gasteiger partial charge in [0.1, 0.15) is 0 Å². The molecule has 1 saturated carbocycles. The Morgan fingerprint density at radius 3 is 3.00 bits per heavy atom. The summed E-state index contributed by atoms with van der Waals surface area (Å²) in [6.45, 7) is 0.429. The molecule has 2 aliphatic rings. The SMILES string of the molecule is COCC(O)(C1CC1)C1CCc2cccnc21. The lowest BCUT2D eigenvalue weighted by Gasteiger charge is -2.33. The molecule has 3 heteroatoms. The summed E-state index contributed by atoms with van der Waals surface area (Å²) in [7, 11) is 1.67. The molecule has 1 aromatic rings. The van der Waals surface area contributed by atoms with Gasteiger partial charge in [0.15, 0.2) is 0 Å². The second kappa shape index (κ2) is 4.07. The molecule has 0 radical (unpaired) electrons. The predicted octanol–water partition coefficient (Wildman–Crippen LogP) is 1.90. The lowest BCUT2D eigenvalue weighted by atomic mass is 9.82. The monoisotopic (exact) mass is 233 g/mol. The van der Waals surface area contributed by atoms with Crippen molar-refractivity contribution in [1.29, 1.82) is 0 Å². The number of hydrogen-bond donors (Lipinski definition) is 1. The Bertz CT molecular complexity index is 416. The van der Waals surface area contributed by atoms with Crippen LogP contribution in [0.2, 0.25) is 0 Å². The molecule has 2 atom stereocenters. The number of aliphatic hydroxyl groups is 1. The van der Waals surface area contributed by atoms with Gasteiger partial charge in [-0.15, -0.1) is 0 Å². The molecule has 3 rings (SSSR count). The third-order valence-electron chi connectivity index (χ3n) is 4.22. The Hall–Kier alpha value is -0.930. The zero-order valence-electron chi connectivity index (χ0n) is 10.2. The van der Waals surface area contributed by atoms with Gasteiger partial charge < -0.3 is 9.84 Å². The standard InChI is InChI=1S/C14H19NO2/c1-17-9-14(16,11-5-6-11)12-7-4-10-3-2-8-15-13(10)12/h2-3,8,11-12,16H,4-7,9H2,1H3. The minimum absolute atomic E-state index is 0.158. The number of nitrogens with zero attached hydrogens (tertiary/aromatic N) is 1.